The van der Waals surface area contributed by atoms with Crippen molar-refractivity contribution in [2.24, 2.45) is 0 Å². The first kappa shape index (κ1) is 53.2. The minimum Gasteiger partial charge on any atom is -0.457 e. The first-order chi connectivity index (χ1) is 45.7. The van der Waals surface area contributed by atoms with Gasteiger partial charge in [-0.05, 0) is 157 Å². The summed E-state index contributed by atoms with van der Waals surface area (Å²) < 4.78 is 14.5. The van der Waals surface area contributed by atoms with Crippen LogP contribution in [0.2, 0.25) is 0 Å². The summed E-state index contributed by atoms with van der Waals surface area (Å²) in [5.41, 5.74) is 18.9. The number of benzene rings is 16. The molecule has 0 aliphatic carbocycles. The predicted molar refractivity (Wildman–Crippen MR) is 380 cm³/mol. The van der Waals surface area contributed by atoms with Crippen molar-refractivity contribution in [1.82, 2.24) is 0 Å². The molecule has 92 heavy (non-hydrogen) atoms. The van der Waals surface area contributed by atoms with Crippen LogP contribution in [0.15, 0.2) is 352 Å². The van der Waals surface area contributed by atoms with Crippen molar-refractivity contribution < 1.29 is 9.47 Å². The zero-order chi connectivity index (χ0) is 60.7. The molecule has 0 saturated carbocycles. The van der Waals surface area contributed by atoms with Crippen LogP contribution in [0.5, 0.6) is 23.0 Å². The number of ether oxygens (including phenoxy) is 2. The van der Waals surface area contributed by atoms with E-state index in [4.69, 9.17) is 9.47 Å². The highest BCUT2D eigenvalue weighted by Crippen LogP contribution is 2.61. The van der Waals surface area contributed by atoms with Crippen LogP contribution in [0, 0.1) is 0 Å². The lowest BCUT2D eigenvalue weighted by atomic mass is 9.62. The first-order valence-electron chi connectivity index (χ1n) is 31.8. The molecule has 0 N–H and O–H groups in total. The van der Waals surface area contributed by atoms with Crippen LogP contribution in [0.1, 0.15) is 44.5 Å². The van der Waals surface area contributed by atoms with Crippen LogP contribution in [0.25, 0.3) is 98.7 Å². The molecule has 0 fully saturated rings. The van der Waals surface area contributed by atoms with Gasteiger partial charge in [-0.3, -0.25) is 0 Å². The minimum atomic E-state index is -0.790. The minimum absolute atomic E-state index is 0.790. The second kappa shape index (κ2) is 21.4. The second-order valence-corrected chi connectivity index (χ2v) is 24.4. The zero-order valence-corrected chi connectivity index (χ0v) is 50.3. The summed E-state index contributed by atoms with van der Waals surface area (Å²) in [4.78, 5) is 0. The number of hydrogen-bond donors (Lipinski definition) is 0. The van der Waals surface area contributed by atoms with E-state index in [9.17, 15) is 0 Å². The van der Waals surface area contributed by atoms with Gasteiger partial charge in [0.15, 0.2) is 0 Å². The van der Waals surface area contributed by atoms with Gasteiger partial charge in [-0.25, -0.2) is 0 Å². The summed E-state index contributed by atoms with van der Waals surface area (Å²) >= 11 is 0. The lowest BCUT2D eigenvalue weighted by molar-refractivity contribution is 0.435. The molecule has 2 aliphatic rings. The van der Waals surface area contributed by atoms with E-state index < -0.39 is 10.8 Å². The molecule has 18 rings (SSSR count). The Morgan fingerprint density at radius 2 is 0.446 bits per heavy atom. The smallest absolute Gasteiger partial charge is 0.132 e. The monoisotopic (exact) mass is 1170 g/mol. The van der Waals surface area contributed by atoms with Gasteiger partial charge in [0.25, 0.3) is 0 Å². The normalized spacial score (nSPS) is 13.3. The Bertz CT molecular complexity index is 5130. The molecule has 0 amide bonds. The SMILES string of the molecule is c1ccc(-c2cccc3c(-c4c5cccc(-c6cccc7c6C(c6ccccc6)(c6ccccc6)c6ccccc6O7)c5cc5c(-c6cccc7c6C(c6ccccc6)(c6ccccc6)c6ccccc6O7)cccc45)c4cccc(-c5ccccc5)c4cc23)cc1. The Morgan fingerprint density at radius 3 is 0.793 bits per heavy atom. The molecular formula is C90H58O2. The zero-order valence-electron chi connectivity index (χ0n) is 50.3. The van der Waals surface area contributed by atoms with E-state index in [0.29, 0.717) is 0 Å². The van der Waals surface area contributed by atoms with Gasteiger partial charge in [-0.15, -0.1) is 0 Å². The highest BCUT2D eigenvalue weighted by Gasteiger charge is 2.49. The van der Waals surface area contributed by atoms with Crippen molar-refractivity contribution >= 4 is 43.1 Å². The third-order valence-corrected chi connectivity index (χ3v) is 19.7. The lowest BCUT2D eigenvalue weighted by Gasteiger charge is -2.43. The van der Waals surface area contributed by atoms with Gasteiger partial charge < -0.3 is 9.47 Å². The molecule has 430 valence electrons. The molecule has 0 unspecified atom stereocenters. The third kappa shape index (κ3) is 7.94. The fourth-order valence-corrected chi connectivity index (χ4v) is 16.1. The Labute approximate surface area is 535 Å². The maximum atomic E-state index is 7.24. The van der Waals surface area contributed by atoms with Crippen LogP contribution < -0.4 is 9.47 Å². The molecule has 16 aromatic carbocycles. The number of fused-ring (bicyclic) bond motifs is 8. The van der Waals surface area contributed by atoms with E-state index in [1.165, 1.54) is 54.9 Å². The Morgan fingerprint density at radius 1 is 0.185 bits per heavy atom. The highest BCUT2D eigenvalue weighted by molar-refractivity contribution is 6.28. The van der Waals surface area contributed by atoms with Crippen molar-refractivity contribution in [2.75, 3.05) is 0 Å². The number of hydrogen-bond acceptors (Lipinski definition) is 2. The molecule has 0 bridgehead atoms. The summed E-state index contributed by atoms with van der Waals surface area (Å²) in [6, 6.07) is 130. The molecule has 2 nitrogen and oxygen atoms in total. The van der Waals surface area contributed by atoms with Crippen molar-refractivity contribution in [3.05, 3.63) is 396 Å². The summed E-state index contributed by atoms with van der Waals surface area (Å²) in [6.07, 6.45) is 0. The van der Waals surface area contributed by atoms with Crippen LogP contribution in [-0.2, 0) is 10.8 Å². The van der Waals surface area contributed by atoms with E-state index in [-0.39, 0.29) is 0 Å². The summed E-state index contributed by atoms with van der Waals surface area (Å²) in [6.45, 7) is 0. The largest absolute Gasteiger partial charge is 0.457 e. The molecule has 2 heterocycles. The first-order valence-corrected chi connectivity index (χ1v) is 31.8. The topological polar surface area (TPSA) is 18.5 Å². The van der Waals surface area contributed by atoms with E-state index in [0.717, 1.165) is 111 Å². The maximum Gasteiger partial charge on any atom is 0.132 e. The molecule has 2 aliphatic heterocycles. The van der Waals surface area contributed by atoms with Crippen LogP contribution >= 0.6 is 0 Å². The predicted octanol–water partition coefficient (Wildman–Crippen LogP) is 23.6. The van der Waals surface area contributed by atoms with Gasteiger partial charge in [0.2, 0.25) is 0 Å². The number of rotatable bonds is 9. The van der Waals surface area contributed by atoms with Crippen molar-refractivity contribution in [3.8, 4) is 78.6 Å². The molecule has 0 saturated heterocycles. The van der Waals surface area contributed by atoms with E-state index in [2.05, 4.69) is 352 Å². The second-order valence-electron chi connectivity index (χ2n) is 24.4. The fraction of sp³-hybridized carbons (Fsp3) is 0.0222. The van der Waals surface area contributed by atoms with Gasteiger partial charge >= 0.3 is 0 Å². The maximum absolute atomic E-state index is 7.24. The van der Waals surface area contributed by atoms with Crippen LogP contribution in [-0.4, -0.2) is 0 Å². The molecule has 0 atom stereocenters. The summed E-state index contributed by atoms with van der Waals surface area (Å²) in [7, 11) is 0. The summed E-state index contributed by atoms with van der Waals surface area (Å²) in [5.74, 6) is 3.33. The lowest BCUT2D eigenvalue weighted by Crippen LogP contribution is -2.34. The quantitative estimate of drug-likeness (QED) is 0.134. The fourth-order valence-electron chi connectivity index (χ4n) is 16.1. The molecule has 0 spiro atoms. The molecule has 0 aromatic heterocycles. The average Bonchev–Trinajstić information content (AvgIpc) is 0.709. The van der Waals surface area contributed by atoms with Gasteiger partial charge in [-0.2, -0.15) is 0 Å². The highest BCUT2D eigenvalue weighted by atomic mass is 16.5. The Hall–Kier alpha value is -11.8. The molecule has 0 radical (unpaired) electrons. The van der Waals surface area contributed by atoms with Gasteiger partial charge in [0.05, 0.1) is 10.8 Å². The van der Waals surface area contributed by atoms with Crippen molar-refractivity contribution in [1.29, 1.82) is 0 Å². The number of para-hydroxylation sites is 2. The van der Waals surface area contributed by atoms with Gasteiger partial charge in [0, 0.05) is 22.3 Å². The molecule has 2 heteroatoms. The average molecular weight is 1170 g/mol. The van der Waals surface area contributed by atoms with Gasteiger partial charge in [-0.1, -0.05) is 315 Å². The molecule has 16 aromatic rings. The molecular weight excluding hydrogens is 1110 g/mol. The van der Waals surface area contributed by atoms with Crippen molar-refractivity contribution in [2.45, 2.75) is 10.8 Å². The van der Waals surface area contributed by atoms with Crippen LogP contribution in [0.3, 0.4) is 0 Å². The standard InChI is InChI=1S/C90H58O2/c1-7-29-59(30-8-1)65-41-23-45-69-75(65)57-76-66(60-31-9-2-10-32-60)42-24-46-70(76)85(69)86-71-47-25-43-67(73-49-27-55-83-87(73)89(61-33-11-3-12-34-61,62-35-13-4-14-36-62)79-51-19-21-53-81(79)91-83)77(71)58-78-68(44-26-48-72(78)86)74-50-28-56-84-88(74)90(63-37-15-5-16-38-63,64-39-17-6-18-40-64)80-52-20-22-54-82(80)92-84/h1-58H. The van der Waals surface area contributed by atoms with Gasteiger partial charge in [0.1, 0.15) is 23.0 Å². The van der Waals surface area contributed by atoms with E-state index in [1.807, 2.05) is 0 Å². The van der Waals surface area contributed by atoms with E-state index in [1.54, 1.807) is 0 Å². The Balaban J connectivity index is 1.03. The summed E-state index contributed by atoms with van der Waals surface area (Å²) in [5, 5.41) is 9.27. The third-order valence-electron chi connectivity index (χ3n) is 19.7. The van der Waals surface area contributed by atoms with Crippen LogP contribution in [0.4, 0.5) is 0 Å². The Kier molecular flexibility index (Phi) is 12.4. The van der Waals surface area contributed by atoms with E-state index >= 15 is 0 Å². The van der Waals surface area contributed by atoms with Crippen molar-refractivity contribution in [3.63, 3.8) is 0 Å².